The van der Waals surface area contributed by atoms with E-state index in [2.05, 4.69) is 22.7 Å². The van der Waals surface area contributed by atoms with Crippen molar-refractivity contribution in [3.05, 3.63) is 0 Å². The molecule has 0 saturated carbocycles. The van der Waals surface area contributed by atoms with Crippen molar-refractivity contribution in [2.75, 3.05) is 14.1 Å². The molecule has 0 aliphatic heterocycles. The second-order valence-corrected chi connectivity index (χ2v) is 5.40. The number of unbranched alkanes of at least 4 members (excludes halogenated alkanes) is 1. The molecule has 15 heavy (non-hydrogen) atoms. The van der Waals surface area contributed by atoms with Gasteiger partial charge in [-0.05, 0) is 36.9 Å². The summed E-state index contributed by atoms with van der Waals surface area (Å²) >= 11 is 0. The highest BCUT2D eigenvalue weighted by atomic mass is 31.0. The molecule has 0 saturated heterocycles. The summed E-state index contributed by atoms with van der Waals surface area (Å²) in [7, 11) is 7.26. The molecule has 3 heteroatoms. The number of hydrogen-bond acceptors (Lipinski definition) is 1. The predicted molar refractivity (Wildman–Crippen MR) is 69.9 cm³/mol. The summed E-state index contributed by atoms with van der Waals surface area (Å²) in [5, 5.41) is 1.38. The van der Waals surface area contributed by atoms with Crippen LogP contribution in [0.4, 0.5) is 0 Å². The van der Waals surface area contributed by atoms with Crippen molar-refractivity contribution in [2.24, 2.45) is 5.92 Å². The Kier molecular flexibility index (Phi) is 7.68. The number of amides is 1. The first-order valence-electron chi connectivity index (χ1n) is 5.70. The molecular weight excluding hydrogens is 205 g/mol. The van der Waals surface area contributed by atoms with E-state index in [1.165, 1.54) is 5.29 Å². The van der Waals surface area contributed by atoms with Gasteiger partial charge in [0.2, 0.25) is 5.91 Å². The lowest BCUT2D eigenvalue weighted by atomic mass is 10.0. The molecular formula is C12H24NOP. The molecule has 0 spiro atoms. The van der Waals surface area contributed by atoms with E-state index in [1.54, 1.807) is 4.90 Å². The van der Waals surface area contributed by atoms with Crippen molar-refractivity contribution in [1.82, 2.24) is 4.90 Å². The molecule has 2 nitrogen and oxygen atoms in total. The van der Waals surface area contributed by atoms with Crippen LogP contribution in [0.3, 0.4) is 0 Å². The molecule has 88 valence electrons. The number of carbonyl (C=O) groups excluding carboxylic acids is 1. The van der Waals surface area contributed by atoms with Crippen LogP contribution in [0.1, 0.15) is 46.0 Å². The summed E-state index contributed by atoms with van der Waals surface area (Å²) in [4.78, 5) is 12.9. The summed E-state index contributed by atoms with van der Waals surface area (Å²) in [6, 6.07) is 0. The zero-order valence-corrected chi connectivity index (χ0v) is 11.5. The zero-order chi connectivity index (χ0) is 11.8. The van der Waals surface area contributed by atoms with Crippen molar-refractivity contribution >= 4 is 20.1 Å². The van der Waals surface area contributed by atoms with Crippen molar-refractivity contribution in [1.29, 1.82) is 0 Å². The maximum Gasteiger partial charge on any atom is 0.222 e. The van der Waals surface area contributed by atoms with Gasteiger partial charge in [0.25, 0.3) is 0 Å². The van der Waals surface area contributed by atoms with E-state index < -0.39 is 0 Å². The first-order valence-corrected chi connectivity index (χ1v) is 6.20. The Morgan fingerprint density at radius 1 is 1.20 bits per heavy atom. The maximum absolute atomic E-state index is 11.3. The first-order chi connectivity index (χ1) is 6.93. The summed E-state index contributed by atoms with van der Waals surface area (Å²) in [6.07, 6.45) is 5.00. The normalized spacial score (nSPS) is 10.5. The van der Waals surface area contributed by atoms with Gasteiger partial charge in [-0.2, -0.15) is 0 Å². The highest BCUT2D eigenvalue weighted by molar-refractivity contribution is 7.21. The maximum atomic E-state index is 11.3. The standard InChI is InChI=1S/C12H24NOP/c1-10(2)9-11(15)7-5-6-8-12(14)13(3)4/h10,15H,5-9H2,1-4H3. The lowest BCUT2D eigenvalue weighted by Gasteiger charge is -2.10. The minimum Gasteiger partial charge on any atom is -0.349 e. The summed E-state index contributed by atoms with van der Waals surface area (Å²) < 4.78 is 0. The van der Waals surface area contributed by atoms with Crippen LogP contribution < -0.4 is 0 Å². The lowest BCUT2D eigenvalue weighted by Crippen LogP contribution is -2.21. The second kappa shape index (κ2) is 7.87. The Morgan fingerprint density at radius 2 is 1.73 bits per heavy atom. The Balaban J connectivity index is 3.46. The second-order valence-electron chi connectivity index (χ2n) is 4.70. The lowest BCUT2D eigenvalue weighted by molar-refractivity contribution is -0.128. The summed E-state index contributed by atoms with van der Waals surface area (Å²) in [6.45, 7) is 4.44. The molecule has 0 radical (unpaired) electrons. The fourth-order valence-electron chi connectivity index (χ4n) is 1.43. The van der Waals surface area contributed by atoms with E-state index >= 15 is 0 Å². The van der Waals surface area contributed by atoms with Gasteiger partial charge < -0.3 is 4.90 Å². The predicted octanol–water partition coefficient (Wildman–Crippen LogP) is 3.00. The Morgan fingerprint density at radius 3 is 2.20 bits per heavy atom. The summed E-state index contributed by atoms with van der Waals surface area (Å²) in [5.41, 5.74) is 0. The Bertz CT molecular complexity index is 212. The molecule has 0 unspecified atom stereocenters. The summed E-state index contributed by atoms with van der Waals surface area (Å²) in [5.74, 6) is 0.940. The van der Waals surface area contributed by atoms with E-state index in [0.29, 0.717) is 12.3 Å². The van der Waals surface area contributed by atoms with Crippen LogP contribution in [0, 0.1) is 5.92 Å². The highest BCUT2D eigenvalue weighted by Crippen LogP contribution is 2.10. The van der Waals surface area contributed by atoms with Crippen molar-refractivity contribution in [3.8, 4) is 0 Å². The van der Waals surface area contributed by atoms with Gasteiger partial charge >= 0.3 is 0 Å². The van der Waals surface area contributed by atoms with Crippen LogP contribution in [0.2, 0.25) is 0 Å². The molecule has 0 fully saturated rings. The van der Waals surface area contributed by atoms with Crippen LogP contribution in [-0.4, -0.2) is 30.2 Å². The molecule has 0 aliphatic rings. The number of nitrogens with zero attached hydrogens (tertiary/aromatic N) is 1. The minimum atomic E-state index is 0.231. The number of carbonyl (C=O) groups is 1. The molecule has 0 atom stereocenters. The number of rotatable bonds is 7. The molecule has 0 aromatic heterocycles. The first kappa shape index (κ1) is 14.6. The van der Waals surface area contributed by atoms with Crippen molar-refractivity contribution in [3.63, 3.8) is 0 Å². The number of hydrogen-bond donors (Lipinski definition) is 0. The van der Waals surface area contributed by atoms with Gasteiger partial charge in [-0.25, -0.2) is 0 Å². The molecule has 0 aromatic carbocycles. The molecule has 0 aliphatic carbocycles. The molecule has 0 rings (SSSR count). The average molecular weight is 229 g/mol. The highest BCUT2D eigenvalue weighted by Gasteiger charge is 2.04. The van der Waals surface area contributed by atoms with E-state index in [4.69, 9.17) is 0 Å². The van der Waals surface area contributed by atoms with Gasteiger partial charge in [0.15, 0.2) is 0 Å². The Labute approximate surface area is 96.3 Å². The molecule has 0 aromatic rings. The van der Waals surface area contributed by atoms with Crippen LogP contribution in [0.25, 0.3) is 0 Å². The van der Waals surface area contributed by atoms with Gasteiger partial charge in [-0.3, -0.25) is 4.79 Å². The average Bonchev–Trinajstić information content (AvgIpc) is 2.10. The molecule has 0 heterocycles. The molecule has 0 bridgehead atoms. The van der Waals surface area contributed by atoms with Crippen LogP contribution in [-0.2, 0) is 4.79 Å². The molecule has 0 N–H and O–H groups in total. The Hall–Kier alpha value is -0.360. The van der Waals surface area contributed by atoms with Gasteiger partial charge in [0.05, 0.1) is 0 Å². The van der Waals surface area contributed by atoms with Gasteiger partial charge in [0.1, 0.15) is 0 Å². The van der Waals surface area contributed by atoms with Gasteiger partial charge in [0, 0.05) is 20.5 Å². The monoisotopic (exact) mass is 229 g/mol. The van der Waals surface area contributed by atoms with Crippen LogP contribution in [0.15, 0.2) is 0 Å². The van der Waals surface area contributed by atoms with E-state index in [1.807, 2.05) is 14.1 Å². The topological polar surface area (TPSA) is 20.3 Å². The smallest absolute Gasteiger partial charge is 0.222 e. The van der Waals surface area contributed by atoms with E-state index in [-0.39, 0.29) is 5.91 Å². The third-order valence-corrected chi connectivity index (χ3v) is 2.73. The quantitative estimate of drug-likeness (QED) is 0.485. The molecule has 1 amide bonds. The van der Waals surface area contributed by atoms with Crippen LogP contribution >= 0.6 is 8.86 Å². The largest absolute Gasteiger partial charge is 0.349 e. The third-order valence-electron chi connectivity index (χ3n) is 2.27. The van der Waals surface area contributed by atoms with Crippen molar-refractivity contribution < 1.29 is 4.79 Å². The van der Waals surface area contributed by atoms with Gasteiger partial charge in [-0.15, -0.1) is 8.86 Å². The van der Waals surface area contributed by atoms with Crippen LogP contribution in [0.5, 0.6) is 0 Å². The van der Waals surface area contributed by atoms with E-state index in [9.17, 15) is 4.79 Å². The SMILES string of the molecule is CC(C)CC(=P)CCCCC(=O)N(C)C. The zero-order valence-electron chi connectivity index (χ0n) is 10.5. The minimum absolute atomic E-state index is 0.231. The van der Waals surface area contributed by atoms with E-state index in [0.717, 1.165) is 25.7 Å². The fraction of sp³-hybridized carbons (Fsp3) is 0.833. The van der Waals surface area contributed by atoms with Gasteiger partial charge in [-0.1, -0.05) is 13.8 Å². The van der Waals surface area contributed by atoms with Crippen molar-refractivity contribution in [2.45, 2.75) is 46.0 Å². The third kappa shape index (κ3) is 8.62. The fourth-order valence-corrected chi connectivity index (χ4v) is 2.02.